The average Bonchev–Trinajstić information content (AvgIpc) is 2.71. The van der Waals surface area contributed by atoms with Crippen LogP contribution in [-0.4, -0.2) is 5.11 Å². The molecule has 0 fully saturated rings. The highest BCUT2D eigenvalue weighted by Crippen LogP contribution is 2.49. The zero-order valence-corrected chi connectivity index (χ0v) is 19.8. The summed E-state index contributed by atoms with van der Waals surface area (Å²) in [5.41, 5.74) is 12.3. The van der Waals surface area contributed by atoms with Gasteiger partial charge in [-0.15, -0.1) is 0 Å². The van der Waals surface area contributed by atoms with Gasteiger partial charge < -0.3 is 15.6 Å². The number of ether oxygens (including phenoxy) is 1. The van der Waals surface area contributed by atoms with Gasteiger partial charge in [0.15, 0.2) is 0 Å². The fraction of sp³-hybridized carbons (Fsp3) is 0.393. The summed E-state index contributed by atoms with van der Waals surface area (Å²) in [4.78, 5) is 0. The SMILES string of the molecule is CC(C)(C)c1cc(C2C(C#N)=C(N)OC3=C2CCc2ccccc23)cc(C(C)(C)C)c1O. The maximum Gasteiger partial charge on any atom is 0.205 e. The van der Waals surface area contributed by atoms with Crippen molar-refractivity contribution in [3.05, 3.63) is 81.2 Å². The van der Waals surface area contributed by atoms with Gasteiger partial charge in [-0.1, -0.05) is 77.9 Å². The lowest BCUT2D eigenvalue weighted by atomic mass is 9.72. The van der Waals surface area contributed by atoms with Crippen molar-refractivity contribution in [1.29, 1.82) is 5.26 Å². The number of rotatable bonds is 1. The van der Waals surface area contributed by atoms with Gasteiger partial charge in [0, 0.05) is 11.5 Å². The molecule has 2 aliphatic rings. The van der Waals surface area contributed by atoms with E-state index in [1.54, 1.807) is 0 Å². The molecule has 0 radical (unpaired) electrons. The van der Waals surface area contributed by atoms with Crippen molar-refractivity contribution in [2.24, 2.45) is 5.73 Å². The van der Waals surface area contributed by atoms with E-state index in [1.807, 2.05) is 12.1 Å². The third-order valence-electron chi connectivity index (χ3n) is 6.53. The lowest BCUT2D eigenvalue weighted by molar-refractivity contribution is 0.349. The van der Waals surface area contributed by atoms with Crippen LogP contribution < -0.4 is 5.73 Å². The molecule has 3 N–H and O–H groups in total. The van der Waals surface area contributed by atoms with Gasteiger partial charge in [-0.2, -0.15) is 5.26 Å². The normalized spacial score (nSPS) is 18.6. The number of aryl methyl sites for hydroxylation is 1. The highest BCUT2D eigenvalue weighted by Gasteiger charge is 2.37. The number of hydrogen-bond acceptors (Lipinski definition) is 4. The fourth-order valence-corrected chi connectivity index (χ4v) is 4.85. The molecule has 0 amide bonds. The zero-order chi connectivity index (χ0) is 23.4. The molecule has 0 saturated carbocycles. The minimum Gasteiger partial charge on any atom is -0.507 e. The molecular formula is C28H32N2O2. The Labute approximate surface area is 191 Å². The van der Waals surface area contributed by atoms with Crippen LogP contribution >= 0.6 is 0 Å². The maximum absolute atomic E-state index is 11.2. The standard InChI is InChI=1S/C28H32N2O2/c1-27(2,3)21-13-17(14-22(24(21)31)28(4,5)6)23-19-12-11-16-9-7-8-10-18(16)25(19)32-26(30)20(23)15-29/h7-10,13-14,23,31H,11-12,30H2,1-6H3. The van der Waals surface area contributed by atoms with E-state index in [4.69, 9.17) is 10.5 Å². The Balaban J connectivity index is 2.01. The number of phenols is 1. The summed E-state index contributed by atoms with van der Waals surface area (Å²) in [5, 5.41) is 21.2. The molecule has 2 aromatic carbocycles. The third kappa shape index (κ3) is 3.56. The molecule has 4 heteroatoms. The molecule has 0 spiro atoms. The topological polar surface area (TPSA) is 79.3 Å². The van der Waals surface area contributed by atoms with E-state index < -0.39 is 0 Å². The molecule has 4 nitrogen and oxygen atoms in total. The fourth-order valence-electron chi connectivity index (χ4n) is 4.85. The second-order valence-electron chi connectivity index (χ2n) is 10.9. The number of nitrogens with zero attached hydrogens (tertiary/aromatic N) is 1. The van der Waals surface area contributed by atoms with Crippen LogP contribution in [0.1, 0.15) is 81.7 Å². The maximum atomic E-state index is 11.2. The predicted octanol–water partition coefficient (Wildman–Crippen LogP) is 6.15. The van der Waals surface area contributed by atoms with E-state index in [0.717, 1.165) is 46.4 Å². The average molecular weight is 429 g/mol. The second kappa shape index (κ2) is 7.45. The smallest absolute Gasteiger partial charge is 0.205 e. The number of phenolic OH excluding ortho intramolecular Hbond substituents is 1. The molecule has 0 saturated heterocycles. The molecule has 1 aliphatic carbocycles. The quantitative estimate of drug-likeness (QED) is 0.571. The Bertz CT molecular complexity index is 1160. The van der Waals surface area contributed by atoms with Gasteiger partial charge in [0.25, 0.3) is 0 Å². The van der Waals surface area contributed by atoms with Crippen LogP contribution in [0.15, 0.2) is 53.4 Å². The summed E-state index contributed by atoms with van der Waals surface area (Å²) in [7, 11) is 0. The number of fused-ring (bicyclic) bond motifs is 2. The second-order valence-corrected chi connectivity index (χ2v) is 10.9. The van der Waals surface area contributed by atoms with Crippen LogP contribution in [0.25, 0.3) is 5.76 Å². The number of nitrogens with two attached hydrogens (primary N) is 1. The summed E-state index contributed by atoms with van der Waals surface area (Å²) in [5.74, 6) is 0.978. The highest BCUT2D eigenvalue weighted by atomic mass is 16.5. The van der Waals surface area contributed by atoms with Gasteiger partial charge in [0.05, 0.1) is 0 Å². The van der Waals surface area contributed by atoms with Crippen LogP contribution in [-0.2, 0) is 22.0 Å². The first kappa shape index (κ1) is 22.0. The largest absolute Gasteiger partial charge is 0.507 e. The van der Waals surface area contributed by atoms with Gasteiger partial charge in [0.2, 0.25) is 5.88 Å². The van der Waals surface area contributed by atoms with Crippen LogP contribution in [0.2, 0.25) is 0 Å². The van der Waals surface area contributed by atoms with Crippen molar-refractivity contribution in [3.63, 3.8) is 0 Å². The Hall–Kier alpha value is -3.19. The predicted molar refractivity (Wildman–Crippen MR) is 128 cm³/mol. The summed E-state index contributed by atoms with van der Waals surface area (Å²) in [6.45, 7) is 12.6. The Morgan fingerprint density at radius 1 is 1.00 bits per heavy atom. The van der Waals surface area contributed by atoms with Crippen molar-refractivity contribution >= 4 is 5.76 Å². The Morgan fingerprint density at radius 3 is 2.16 bits per heavy atom. The van der Waals surface area contributed by atoms with Crippen LogP contribution in [0.5, 0.6) is 5.75 Å². The van der Waals surface area contributed by atoms with Gasteiger partial charge in [-0.05, 0) is 51.5 Å². The molecule has 1 unspecified atom stereocenters. The molecule has 1 aliphatic heterocycles. The van der Waals surface area contributed by atoms with Gasteiger partial charge in [-0.25, -0.2) is 0 Å². The van der Waals surface area contributed by atoms with Gasteiger partial charge in [0.1, 0.15) is 23.2 Å². The lowest BCUT2D eigenvalue weighted by Crippen LogP contribution is -2.25. The van der Waals surface area contributed by atoms with E-state index in [0.29, 0.717) is 11.3 Å². The minimum atomic E-state index is -0.292. The summed E-state index contributed by atoms with van der Waals surface area (Å²) in [6.07, 6.45) is 1.69. The summed E-state index contributed by atoms with van der Waals surface area (Å²) in [6, 6.07) is 14.6. The molecule has 166 valence electrons. The first-order valence-electron chi connectivity index (χ1n) is 11.2. The van der Waals surface area contributed by atoms with Crippen LogP contribution in [0, 0.1) is 11.3 Å². The van der Waals surface area contributed by atoms with Crippen LogP contribution in [0.4, 0.5) is 0 Å². The van der Waals surface area contributed by atoms with Crippen molar-refractivity contribution in [2.75, 3.05) is 0 Å². The molecule has 1 heterocycles. The van der Waals surface area contributed by atoms with Crippen molar-refractivity contribution in [3.8, 4) is 11.8 Å². The van der Waals surface area contributed by atoms with Gasteiger partial charge in [-0.3, -0.25) is 0 Å². The molecule has 0 bridgehead atoms. The molecule has 0 aromatic heterocycles. The molecule has 1 atom stereocenters. The number of allylic oxidation sites excluding steroid dienone is 2. The van der Waals surface area contributed by atoms with Crippen molar-refractivity contribution in [1.82, 2.24) is 0 Å². The molecule has 4 rings (SSSR count). The van der Waals surface area contributed by atoms with Gasteiger partial charge >= 0.3 is 0 Å². The molecule has 2 aromatic rings. The summed E-state index contributed by atoms with van der Waals surface area (Å²) < 4.78 is 6.06. The van der Waals surface area contributed by atoms with Crippen LogP contribution in [0.3, 0.4) is 0 Å². The monoisotopic (exact) mass is 428 g/mol. The van der Waals surface area contributed by atoms with Crippen molar-refractivity contribution in [2.45, 2.75) is 71.1 Å². The first-order chi connectivity index (χ1) is 14.9. The molecule has 32 heavy (non-hydrogen) atoms. The Morgan fingerprint density at radius 2 is 1.59 bits per heavy atom. The van der Waals surface area contributed by atoms with E-state index in [9.17, 15) is 10.4 Å². The lowest BCUT2D eigenvalue weighted by Gasteiger charge is -2.35. The van der Waals surface area contributed by atoms with E-state index >= 15 is 0 Å². The van der Waals surface area contributed by atoms with E-state index in [-0.39, 0.29) is 22.6 Å². The third-order valence-corrected chi connectivity index (χ3v) is 6.53. The number of nitriles is 1. The number of benzene rings is 2. The zero-order valence-electron chi connectivity index (χ0n) is 19.8. The highest BCUT2D eigenvalue weighted by molar-refractivity contribution is 5.74. The molecular weight excluding hydrogens is 396 g/mol. The number of aromatic hydroxyl groups is 1. The summed E-state index contributed by atoms with van der Waals surface area (Å²) >= 11 is 0. The van der Waals surface area contributed by atoms with E-state index in [2.05, 4.69) is 71.9 Å². The minimum absolute atomic E-state index is 0.163. The van der Waals surface area contributed by atoms with Crippen molar-refractivity contribution < 1.29 is 9.84 Å². The first-order valence-corrected chi connectivity index (χ1v) is 11.2. The van der Waals surface area contributed by atoms with E-state index in [1.165, 1.54) is 5.56 Å². The number of hydrogen-bond donors (Lipinski definition) is 2. The Kier molecular flexibility index (Phi) is 5.12.